The van der Waals surface area contributed by atoms with E-state index >= 15 is 4.39 Å². The highest BCUT2D eigenvalue weighted by Crippen LogP contribution is 2.42. The Kier molecular flexibility index (Phi) is 29.1. The molecule has 1 fully saturated rings. The largest absolute Gasteiger partial charge is 0.498 e. The first-order valence-corrected chi connectivity index (χ1v) is 42.1. The molecule has 7 rings (SSSR count). The van der Waals surface area contributed by atoms with Gasteiger partial charge in [0.2, 0.25) is 10.9 Å². The summed E-state index contributed by atoms with van der Waals surface area (Å²) in [6.07, 6.45) is 1.76. The molecule has 6 aromatic rings. The Balaban J connectivity index is 0.000000306. The van der Waals surface area contributed by atoms with E-state index in [1.807, 2.05) is 42.9 Å². The first-order chi connectivity index (χ1) is 47.6. The number of pyridine rings is 2. The molecule has 1 saturated heterocycles. The predicted molar refractivity (Wildman–Crippen MR) is 420 cm³/mol. The second kappa shape index (κ2) is 34.3. The fourth-order valence-corrected chi connectivity index (χ4v) is 13.4. The highest BCUT2D eigenvalue weighted by Gasteiger charge is 2.53. The summed E-state index contributed by atoms with van der Waals surface area (Å²) in [7, 11) is 0.620. The van der Waals surface area contributed by atoms with Crippen LogP contribution in [0.1, 0.15) is 188 Å². The van der Waals surface area contributed by atoms with Gasteiger partial charge in [0.05, 0.1) is 86.0 Å². The number of anilines is 2. The Hall–Kier alpha value is -6.36. The molecule has 2 aromatic heterocycles. The highest BCUT2D eigenvalue weighted by atomic mass is 79.9. The van der Waals surface area contributed by atoms with E-state index in [-0.39, 0.29) is 78.2 Å². The number of aromatic nitrogens is 2. The summed E-state index contributed by atoms with van der Waals surface area (Å²) in [6, 6.07) is 12.1. The third-order valence-electron chi connectivity index (χ3n) is 19.3. The van der Waals surface area contributed by atoms with Gasteiger partial charge >= 0.3 is 31.2 Å². The molecule has 4 aromatic carbocycles. The lowest BCUT2D eigenvalue weighted by Crippen LogP contribution is -2.42. The molecule has 0 radical (unpaired) electrons. The third-order valence-corrected chi connectivity index (χ3v) is 29.4. The van der Waals surface area contributed by atoms with Crippen molar-refractivity contribution < 1.29 is 74.5 Å². The van der Waals surface area contributed by atoms with Crippen LogP contribution in [0.4, 0.5) is 29.7 Å². The summed E-state index contributed by atoms with van der Waals surface area (Å²) in [6.45, 7) is 49.4. The van der Waals surface area contributed by atoms with Crippen LogP contribution in [0.25, 0.3) is 21.8 Å². The van der Waals surface area contributed by atoms with Crippen molar-refractivity contribution >= 4 is 126 Å². The minimum atomic E-state index is -2.15. The lowest BCUT2D eigenvalue weighted by Gasteiger charge is -2.38. The summed E-state index contributed by atoms with van der Waals surface area (Å²) in [5.41, 5.74) is -0.221. The number of benzene rings is 4. The molecule has 0 spiro atoms. The Morgan fingerprint density at radius 2 is 0.933 bits per heavy atom. The van der Waals surface area contributed by atoms with Gasteiger partial charge in [0.1, 0.15) is 45.5 Å². The van der Waals surface area contributed by atoms with Gasteiger partial charge in [-0.3, -0.25) is 20.2 Å². The molecule has 1 aliphatic heterocycles. The van der Waals surface area contributed by atoms with E-state index in [1.165, 1.54) is 51.8 Å². The zero-order valence-electron chi connectivity index (χ0n) is 65.8. The summed E-state index contributed by atoms with van der Waals surface area (Å²) in [4.78, 5) is 77.1. The smallest absolute Gasteiger partial charge is 0.497 e. The number of amides is 2. The van der Waals surface area contributed by atoms with Crippen molar-refractivity contribution in [2.45, 2.75) is 221 Å². The number of esters is 2. The number of fused-ring (bicyclic) bond motifs is 2. The van der Waals surface area contributed by atoms with E-state index in [0.29, 0.717) is 68.7 Å². The van der Waals surface area contributed by atoms with Gasteiger partial charge in [-0.25, -0.2) is 28.0 Å². The molecule has 0 aliphatic carbocycles. The summed E-state index contributed by atoms with van der Waals surface area (Å²) in [5, 5.41) is 5.77. The zero-order valence-corrected chi connectivity index (χ0v) is 70.9. The van der Waals surface area contributed by atoms with Crippen molar-refractivity contribution in [3.8, 4) is 11.5 Å². The van der Waals surface area contributed by atoms with Crippen LogP contribution in [0, 0.1) is 23.5 Å². The Morgan fingerprint density at radius 1 is 0.567 bits per heavy atom. The van der Waals surface area contributed by atoms with Gasteiger partial charge in [-0.15, -0.1) is 0 Å². The Labute approximate surface area is 633 Å². The predicted octanol–water partition coefficient (Wildman–Crippen LogP) is 18.8. The number of nitrogens with zero attached hydrogens (tertiary/aromatic N) is 2. The number of methoxy groups -OCH3 is 4. The van der Waals surface area contributed by atoms with E-state index in [9.17, 15) is 33.2 Å². The van der Waals surface area contributed by atoms with E-state index in [0.717, 1.165) is 0 Å². The van der Waals surface area contributed by atoms with Gasteiger partial charge in [0, 0.05) is 69.5 Å². The number of carbonyl (C=O) groups excluding carboxylic acids is 4. The third kappa shape index (κ3) is 21.7. The molecule has 574 valence electrons. The average molecular weight is 1590 g/mol. The zero-order chi connectivity index (χ0) is 79.3. The van der Waals surface area contributed by atoms with Gasteiger partial charge in [-0.05, 0) is 165 Å². The van der Waals surface area contributed by atoms with Crippen molar-refractivity contribution in [1.82, 2.24) is 9.13 Å². The quantitative estimate of drug-likeness (QED) is 0.0313. The van der Waals surface area contributed by atoms with Crippen LogP contribution < -0.4 is 36.4 Å². The van der Waals surface area contributed by atoms with Crippen LogP contribution in [0.2, 0.25) is 46.3 Å². The number of ether oxygens (including phenoxy) is 6. The number of halogens is 5. The molecule has 0 saturated carbocycles. The fraction of sp³-hybridized carbons (Fsp3) is 0.553. The van der Waals surface area contributed by atoms with Crippen molar-refractivity contribution in [3.63, 3.8) is 0 Å². The highest BCUT2D eigenvalue weighted by molar-refractivity contribution is 9.08. The molecule has 2 atom stereocenters. The second-order valence-corrected chi connectivity index (χ2v) is 43.6. The Morgan fingerprint density at radius 3 is 1.28 bits per heavy atom. The van der Waals surface area contributed by atoms with Gasteiger partial charge < -0.3 is 55.7 Å². The van der Waals surface area contributed by atoms with Gasteiger partial charge in [0.25, 0.3) is 0 Å². The number of nitrogens with one attached hydrogen (secondary N) is 2. The molecule has 3 heterocycles. The molecular formula is C76H108BBrCl2F2N4O16Si2. The van der Waals surface area contributed by atoms with Gasteiger partial charge in [0.15, 0.2) is 16.6 Å². The number of hydrogen-bond donors (Lipinski definition) is 2. The van der Waals surface area contributed by atoms with Crippen LogP contribution in [0.15, 0.2) is 70.5 Å². The fourth-order valence-electron chi connectivity index (χ4n) is 10.5. The van der Waals surface area contributed by atoms with E-state index in [2.05, 4.69) is 122 Å². The Bertz CT molecular complexity index is 4240. The van der Waals surface area contributed by atoms with E-state index in [1.54, 1.807) is 73.0 Å². The monoisotopic (exact) mass is 1590 g/mol. The molecule has 20 nitrogen and oxygen atoms in total. The first kappa shape index (κ1) is 88.3. The maximum absolute atomic E-state index is 15.4. The summed E-state index contributed by atoms with van der Waals surface area (Å²) in [5.74, 6) is -1.52. The molecule has 2 N–H and O–H groups in total. The molecule has 0 unspecified atom stereocenters. The van der Waals surface area contributed by atoms with E-state index in [4.69, 9.17) is 69.8 Å². The minimum absolute atomic E-state index is 0.0205. The summed E-state index contributed by atoms with van der Waals surface area (Å²) >= 11 is 15.1. The first-order valence-electron chi connectivity index (χ1n) is 34.4. The number of rotatable bonds is 20. The molecule has 28 heteroatoms. The number of carbonyl (C=O) groups is 4. The summed E-state index contributed by atoms with van der Waals surface area (Å²) < 4.78 is 90.5. The normalized spacial score (nSPS) is 14.6. The average Bonchev–Trinajstić information content (AvgIpc) is 1.19. The van der Waals surface area contributed by atoms with Crippen molar-refractivity contribution in [2.75, 3.05) is 52.3 Å². The minimum Gasteiger partial charge on any atom is -0.497 e. The van der Waals surface area contributed by atoms with Gasteiger partial charge in [-0.2, -0.15) is 0 Å². The van der Waals surface area contributed by atoms with Crippen molar-refractivity contribution in [3.05, 3.63) is 131 Å². The lowest BCUT2D eigenvalue weighted by molar-refractivity contribution is 0.00578. The van der Waals surface area contributed by atoms with Crippen LogP contribution in [0.5, 0.6) is 11.5 Å². The lowest BCUT2D eigenvalue weighted by atomic mass is 9.77. The maximum atomic E-state index is 15.4. The van der Waals surface area contributed by atoms with Gasteiger partial charge in [-0.1, -0.05) is 108 Å². The van der Waals surface area contributed by atoms with Crippen molar-refractivity contribution in [2.24, 2.45) is 11.8 Å². The molecule has 2 amide bonds. The van der Waals surface area contributed by atoms with Crippen LogP contribution in [-0.2, 0) is 48.9 Å². The molecular weight excluding hydrogens is 1480 g/mol. The number of alkyl halides is 1. The number of hydrogen-bond acceptors (Lipinski definition) is 16. The second-order valence-electron chi connectivity index (χ2n) is 32.6. The van der Waals surface area contributed by atoms with Crippen LogP contribution in [0.3, 0.4) is 0 Å². The molecule has 1 aliphatic rings. The van der Waals surface area contributed by atoms with Crippen LogP contribution >= 0.6 is 39.1 Å². The topological polar surface area (TPSA) is 229 Å². The maximum Gasteiger partial charge on any atom is 0.498 e. The van der Waals surface area contributed by atoms with Crippen molar-refractivity contribution in [1.29, 1.82) is 0 Å². The molecule has 0 bridgehead atoms. The SMILES string of the molecule is CC(C)(C)OC(=O)Nc1cc(Cl)c(F)c(CBr)c1.COC(=O)c1cn([C@H](CO[Si](C)(C)C(C)(C)C)C(C)C)c2cc(OC)c(B3OC(C)(C)C(C)(C)O3)cc2c1=O.COC(=O)c1cn([C@H](CO[Si](C)(C)C(C)(C)C)C(C)C)c2cc(OC)c(Cc3cc(NC(=O)OC(C)(C)C)cc(Cl)c3F)cc2c1=O. The standard InChI is InChI=1S/C35H48ClFN2O7Si.C29H46BNO7Si.C12H14BrClFNO2/c1-20(2)28(19-45-47(11,12)35(6,7)8)39-18-25(32(41)44-10)31(40)24-15-21(29(43-9)17-27(24)39)13-22-14-23(16-26(36)30(22)37)38-33(42)46-34(3,4)5;1-18(2)23(17-36-39(12,13)27(3,4)5)31-16-20(26(33)35-11)25(32)19-14-21(24(34-10)15-22(19)31)30-37-28(6,7)29(8,9)38-30;1-12(2,3)18-11(17)16-8-4-7(6-13)10(15)9(14)5-8/h14-18,20,28H,13,19H2,1-12H3,(H,38,42);14-16,18,23H,17H2,1-13H3;4-5H,6H2,1-3H3,(H,16,17)/t28-;23-;/m11./s1. The van der Waals surface area contributed by atoms with Crippen LogP contribution in [-0.4, -0.2) is 121 Å². The van der Waals surface area contributed by atoms with E-state index < -0.39 is 92.8 Å². The molecule has 104 heavy (non-hydrogen) atoms.